The van der Waals surface area contributed by atoms with Crippen molar-refractivity contribution in [2.75, 3.05) is 13.1 Å². The van der Waals surface area contributed by atoms with Gasteiger partial charge in [0.15, 0.2) is 0 Å². The quantitative estimate of drug-likeness (QED) is 0.682. The highest BCUT2D eigenvalue weighted by atomic mass is 15.2. The molecular formula is C15H29N. The van der Waals surface area contributed by atoms with E-state index in [0.29, 0.717) is 11.0 Å². The highest BCUT2D eigenvalue weighted by Crippen LogP contribution is 2.48. The molecule has 1 aliphatic heterocycles. The van der Waals surface area contributed by atoms with Crippen LogP contribution >= 0.6 is 0 Å². The van der Waals surface area contributed by atoms with Crippen LogP contribution in [0.4, 0.5) is 0 Å². The maximum atomic E-state index is 2.79. The van der Waals surface area contributed by atoms with Gasteiger partial charge in [0.2, 0.25) is 0 Å². The van der Waals surface area contributed by atoms with Gasteiger partial charge in [-0.05, 0) is 63.5 Å². The second-order valence-corrected chi connectivity index (χ2v) is 7.21. The molecule has 1 heteroatoms. The largest absolute Gasteiger partial charge is 0.298 e. The molecule has 2 rings (SSSR count). The van der Waals surface area contributed by atoms with Crippen LogP contribution in [0.3, 0.4) is 0 Å². The molecule has 1 saturated heterocycles. The van der Waals surface area contributed by atoms with E-state index in [4.69, 9.17) is 0 Å². The zero-order chi connectivity index (χ0) is 11.8. The van der Waals surface area contributed by atoms with Crippen LogP contribution in [0.1, 0.15) is 66.2 Å². The second-order valence-electron chi connectivity index (χ2n) is 7.21. The lowest BCUT2D eigenvalue weighted by Crippen LogP contribution is -2.52. The van der Waals surface area contributed by atoms with Crippen LogP contribution in [0.2, 0.25) is 0 Å². The van der Waals surface area contributed by atoms with Crippen LogP contribution in [-0.2, 0) is 0 Å². The van der Waals surface area contributed by atoms with Crippen molar-refractivity contribution in [3.63, 3.8) is 0 Å². The molecule has 2 fully saturated rings. The van der Waals surface area contributed by atoms with Crippen molar-refractivity contribution < 1.29 is 0 Å². The minimum absolute atomic E-state index is 0.499. The van der Waals surface area contributed by atoms with Gasteiger partial charge in [-0.1, -0.05) is 27.2 Å². The molecule has 2 unspecified atom stereocenters. The lowest BCUT2D eigenvalue weighted by atomic mass is 9.63. The Balaban J connectivity index is 2.12. The van der Waals surface area contributed by atoms with Crippen molar-refractivity contribution in [1.29, 1.82) is 0 Å². The first-order valence-electron chi connectivity index (χ1n) is 7.20. The Labute approximate surface area is 102 Å². The van der Waals surface area contributed by atoms with Crippen LogP contribution in [0.5, 0.6) is 0 Å². The van der Waals surface area contributed by atoms with Crippen LogP contribution < -0.4 is 0 Å². The third-order valence-electron chi connectivity index (χ3n) is 4.88. The molecule has 0 aromatic heterocycles. The Morgan fingerprint density at radius 2 is 1.69 bits per heavy atom. The van der Waals surface area contributed by atoms with Gasteiger partial charge in [0.05, 0.1) is 0 Å². The summed E-state index contributed by atoms with van der Waals surface area (Å²) in [7, 11) is 0. The van der Waals surface area contributed by atoms with Crippen molar-refractivity contribution in [1.82, 2.24) is 4.90 Å². The molecule has 0 N–H and O–H groups in total. The standard InChI is InChI=1S/C15H29N/c1-5-13-10-14(2,3)12-15(4,11-13)16-8-6-7-9-16/h13H,5-12H2,1-4H3. The van der Waals surface area contributed by atoms with Crippen molar-refractivity contribution >= 4 is 0 Å². The van der Waals surface area contributed by atoms with Gasteiger partial charge in [-0.25, -0.2) is 0 Å². The van der Waals surface area contributed by atoms with Crippen molar-refractivity contribution in [3.8, 4) is 0 Å². The van der Waals surface area contributed by atoms with Crippen molar-refractivity contribution in [2.24, 2.45) is 11.3 Å². The van der Waals surface area contributed by atoms with E-state index in [1.165, 1.54) is 51.6 Å². The Morgan fingerprint density at radius 1 is 1.06 bits per heavy atom. The molecule has 0 radical (unpaired) electrons. The first-order valence-corrected chi connectivity index (χ1v) is 7.20. The van der Waals surface area contributed by atoms with E-state index < -0.39 is 0 Å². The zero-order valence-corrected chi connectivity index (χ0v) is 11.7. The smallest absolute Gasteiger partial charge is 0.0189 e. The molecule has 16 heavy (non-hydrogen) atoms. The predicted octanol–water partition coefficient (Wildman–Crippen LogP) is 4.08. The number of hydrogen-bond donors (Lipinski definition) is 0. The molecule has 0 amide bonds. The van der Waals surface area contributed by atoms with Crippen LogP contribution in [0.25, 0.3) is 0 Å². The van der Waals surface area contributed by atoms with Crippen LogP contribution in [0.15, 0.2) is 0 Å². The maximum Gasteiger partial charge on any atom is 0.0189 e. The molecule has 0 spiro atoms. The fraction of sp³-hybridized carbons (Fsp3) is 1.00. The summed E-state index contributed by atoms with van der Waals surface area (Å²) in [4.78, 5) is 2.79. The summed E-state index contributed by atoms with van der Waals surface area (Å²) in [6, 6.07) is 0. The van der Waals surface area contributed by atoms with E-state index in [9.17, 15) is 0 Å². The van der Waals surface area contributed by atoms with E-state index >= 15 is 0 Å². The van der Waals surface area contributed by atoms with E-state index in [-0.39, 0.29) is 0 Å². The van der Waals surface area contributed by atoms with Crippen molar-refractivity contribution in [2.45, 2.75) is 71.8 Å². The summed E-state index contributed by atoms with van der Waals surface area (Å²) in [6.07, 6.45) is 8.49. The summed E-state index contributed by atoms with van der Waals surface area (Å²) in [5.41, 5.74) is 1.05. The van der Waals surface area contributed by atoms with Crippen LogP contribution in [-0.4, -0.2) is 23.5 Å². The highest BCUT2D eigenvalue weighted by molar-refractivity contribution is 4.99. The number of rotatable bonds is 2. The van der Waals surface area contributed by atoms with E-state index in [0.717, 1.165) is 5.92 Å². The minimum Gasteiger partial charge on any atom is -0.298 e. The fourth-order valence-corrected chi connectivity index (χ4v) is 4.44. The molecule has 0 bridgehead atoms. The molecule has 2 aliphatic rings. The van der Waals surface area contributed by atoms with E-state index in [1.54, 1.807) is 0 Å². The summed E-state index contributed by atoms with van der Waals surface area (Å²) in [5.74, 6) is 0.953. The van der Waals surface area contributed by atoms with Gasteiger partial charge in [0.25, 0.3) is 0 Å². The van der Waals surface area contributed by atoms with Gasteiger partial charge < -0.3 is 0 Å². The molecule has 1 aliphatic carbocycles. The SMILES string of the molecule is CCC1CC(C)(C)CC(C)(N2CCCC2)C1. The van der Waals surface area contributed by atoms with Gasteiger partial charge in [-0.2, -0.15) is 0 Å². The molecule has 2 atom stereocenters. The fourth-order valence-electron chi connectivity index (χ4n) is 4.44. The number of likely N-dealkylation sites (tertiary alicyclic amines) is 1. The van der Waals surface area contributed by atoms with Crippen molar-refractivity contribution in [3.05, 3.63) is 0 Å². The average molecular weight is 223 g/mol. The molecule has 0 aromatic carbocycles. The van der Waals surface area contributed by atoms with Crippen LogP contribution in [0, 0.1) is 11.3 Å². The summed E-state index contributed by atoms with van der Waals surface area (Å²) >= 11 is 0. The van der Waals surface area contributed by atoms with Gasteiger partial charge in [-0.15, -0.1) is 0 Å². The lowest BCUT2D eigenvalue weighted by molar-refractivity contribution is 0.00335. The molecule has 1 saturated carbocycles. The Hall–Kier alpha value is -0.0400. The molecule has 0 aromatic rings. The number of nitrogens with zero attached hydrogens (tertiary/aromatic N) is 1. The molecular weight excluding hydrogens is 194 g/mol. The van der Waals surface area contributed by atoms with E-state index in [2.05, 4.69) is 32.6 Å². The normalized spacial score (nSPS) is 40.1. The Kier molecular flexibility index (Phi) is 3.36. The third kappa shape index (κ3) is 2.45. The number of hydrogen-bond acceptors (Lipinski definition) is 1. The topological polar surface area (TPSA) is 3.24 Å². The Morgan fingerprint density at radius 3 is 2.25 bits per heavy atom. The molecule has 1 nitrogen and oxygen atoms in total. The maximum absolute atomic E-state index is 2.79. The van der Waals surface area contributed by atoms with Gasteiger partial charge in [-0.3, -0.25) is 4.90 Å². The first kappa shape index (κ1) is 12.4. The predicted molar refractivity (Wildman–Crippen MR) is 70.6 cm³/mol. The van der Waals surface area contributed by atoms with Gasteiger partial charge >= 0.3 is 0 Å². The first-order chi connectivity index (χ1) is 7.45. The summed E-state index contributed by atoms with van der Waals surface area (Å²) in [6.45, 7) is 12.6. The summed E-state index contributed by atoms with van der Waals surface area (Å²) < 4.78 is 0. The highest BCUT2D eigenvalue weighted by Gasteiger charge is 2.44. The second kappa shape index (κ2) is 4.33. The monoisotopic (exact) mass is 223 g/mol. The Bertz CT molecular complexity index is 240. The average Bonchev–Trinajstić information content (AvgIpc) is 2.67. The molecule has 1 heterocycles. The third-order valence-corrected chi connectivity index (χ3v) is 4.88. The lowest BCUT2D eigenvalue weighted by Gasteiger charge is -2.51. The molecule has 94 valence electrons. The minimum atomic E-state index is 0.499. The zero-order valence-electron chi connectivity index (χ0n) is 11.7. The van der Waals surface area contributed by atoms with E-state index in [1.807, 2.05) is 0 Å². The van der Waals surface area contributed by atoms with Gasteiger partial charge in [0.1, 0.15) is 0 Å². The summed E-state index contributed by atoms with van der Waals surface area (Å²) in [5, 5.41) is 0. The van der Waals surface area contributed by atoms with Gasteiger partial charge in [0, 0.05) is 5.54 Å².